The van der Waals surface area contributed by atoms with Crippen LogP contribution in [0.2, 0.25) is 5.02 Å². The lowest BCUT2D eigenvalue weighted by Gasteiger charge is -2.42. The highest BCUT2D eigenvalue weighted by Gasteiger charge is 2.45. The Bertz CT molecular complexity index is 1720. The Morgan fingerprint density at radius 2 is 1.93 bits per heavy atom. The summed E-state index contributed by atoms with van der Waals surface area (Å²) in [5.41, 5.74) is 8.40. The van der Waals surface area contributed by atoms with Gasteiger partial charge in [0.15, 0.2) is 10.1 Å². The number of amides is 1. The summed E-state index contributed by atoms with van der Waals surface area (Å²) in [5, 5.41) is 31.5. The summed E-state index contributed by atoms with van der Waals surface area (Å²) in [7, 11) is 0. The molecular formula is C29H25ClN6O4S2. The monoisotopic (exact) mass is 620 g/mol. The van der Waals surface area contributed by atoms with Gasteiger partial charge < -0.3 is 16.2 Å². The Morgan fingerprint density at radius 1 is 1.21 bits per heavy atom. The summed E-state index contributed by atoms with van der Waals surface area (Å²) >= 11 is 8.84. The number of anilines is 2. The molecule has 0 saturated heterocycles. The van der Waals surface area contributed by atoms with Crippen LogP contribution in [0.25, 0.3) is 0 Å². The fraction of sp³-hybridized carbons (Fsp3) is 0.241. The van der Waals surface area contributed by atoms with Crippen LogP contribution in [0.5, 0.6) is 0 Å². The number of para-hydroxylation sites is 1. The van der Waals surface area contributed by atoms with Crippen molar-refractivity contribution in [3.05, 3.63) is 87.3 Å². The fourth-order valence-electron chi connectivity index (χ4n) is 5.19. The fourth-order valence-corrected chi connectivity index (χ4v) is 7.12. The number of carboxylic acid groups (broad SMARTS) is 1. The topological polar surface area (TPSA) is 162 Å². The van der Waals surface area contributed by atoms with Gasteiger partial charge in [-0.05, 0) is 35.6 Å². The maximum Gasteiger partial charge on any atom is 0.337 e. The number of thioether (sulfide) groups is 1. The van der Waals surface area contributed by atoms with E-state index in [1.807, 2.05) is 13.8 Å². The second-order valence-corrected chi connectivity index (χ2v) is 13.1. The highest BCUT2D eigenvalue weighted by molar-refractivity contribution is 8.01. The molecule has 1 aliphatic carbocycles. The minimum Gasteiger partial charge on any atom is -0.478 e. The number of hydrogen-bond donors (Lipinski definition) is 3. The van der Waals surface area contributed by atoms with Gasteiger partial charge in [0.1, 0.15) is 5.82 Å². The molecule has 1 unspecified atom stereocenters. The normalized spacial score (nSPS) is 18.0. The van der Waals surface area contributed by atoms with Crippen LogP contribution in [-0.2, 0) is 9.59 Å². The minimum atomic E-state index is -1.15. The van der Waals surface area contributed by atoms with Crippen LogP contribution in [0, 0.1) is 16.7 Å². The van der Waals surface area contributed by atoms with E-state index < -0.39 is 17.8 Å². The number of Topliss-reactive ketones (excluding diaryl/α,β-unsaturated/α-hetero) is 1. The Labute approximate surface area is 254 Å². The molecule has 0 fully saturated rings. The van der Waals surface area contributed by atoms with Crippen molar-refractivity contribution in [2.24, 2.45) is 11.1 Å². The Kier molecular flexibility index (Phi) is 8.10. The van der Waals surface area contributed by atoms with Crippen molar-refractivity contribution in [3.63, 3.8) is 0 Å². The molecule has 0 spiro atoms. The van der Waals surface area contributed by atoms with Gasteiger partial charge in [0.05, 0.1) is 34.6 Å². The van der Waals surface area contributed by atoms with Crippen molar-refractivity contribution in [3.8, 4) is 6.07 Å². The number of aromatic nitrogens is 2. The van der Waals surface area contributed by atoms with Gasteiger partial charge in [0.25, 0.3) is 0 Å². The van der Waals surface area contributed by atoms with E-state index >= 15 is 0 Å². The zero-order valence-electron chi connectivity index (χ0n) is 22.6. The number of benzene rings is 2. The van der Waals surface area contributed by atoms with E-state index in [-0.39, 0.29) is 39.6 Å². The third kappa shape index (κ3) is 5.63. The molecular weight excluding hydrogens is 596 g/mol. The molecule has 5 rings (SSSR count). The zero-order chi connectivity index (χ0) is 30.2. The molecule has 0 bridgehead atoms. The molecule has 1 aromatic heterocycles. The molecule has 2 aliphatic rings. The first-order valence-corrected chi connectivity index (χ1v) is 15.0. The number of allylic oxidation sites excluding steroid dienone is 3. The predicted molar refractivity (Wildman–Crippen MR) is 161 cm³/mol. The van der Waals surface area contributed by atoms with Gasteiger partial charge >= 0.3 is 5.97 Å². The number of hydrogen-bond acceptors (Lipinski definition) is 10. The predicted octanol–water partition coefficient (Wildman–Crippen LogP) is 5.56. The SMILES string of the molecule is CC1(C)CC(=O)C2=C(C1)N(c1nnc(SCC(=O)Nc3ccccc3C(=O)O)s1)C(N)=C(C#N)C2c1ccccc1Cl. The number of carbonyl (C=O) groups is 3. The summed E-state index contributed by atoms with van der Waals surface area (Å²) in [6.45, 7) is 4.00. The molecule has 0 radical (unpaired) electrons. The molecule has 2 aromatic carbocycles. The first-order chi connectivity index (χ1) is 20.0. The third-order valence-electron chi connectivity index (χ3n) is 6.94. The quantitative estimate of drug-likeness (QED) is 0.285. The molecule has 1 aliphatic heterocycles. The lowest BCUT2D eigenvalue weighted by molar-refractivity contribution is -0.118. The number of aromatic carboxylic acids is 1. The van der Waals surface area contributed by atoms with Gasteiger partial charge in [-0.25, -0.2) is 4.79 Å². The third-order valence-corrected chi connectivity index (χ3v) is 9.33. The number of carboxylic acids is 1. The van der Waals surface area contributed by atoms with E-state index in [0.29, 0.717) is 44.2 Å². The second-order valence-electron chi connectivity index (χ2n) is 10.5. The minimum absolute atomic E-state index is 0.0150. The Balaban J connectivity index is 1.46. The summed E-state index contributed by atoms with van der Waals surface area (Å²) in [4.78, 5) is 39.3. The van der Waals surface area contributed by atoms with Gasteiger partial charge in [0.2, 0.25) is 11.0 Å². The van der Waals surface area contributed by atoms with Gasteiger partial charge in [0, 0.05) is 22.7 Å². The van der Waals surface area contributed by atoms with E-state index in [9.17, 15) is 24.8 Å². The van der Waals surface area contributed by atoms with Crippen LogP contribution < -0.4 is 16.0 Å². The summed E-state index contributed by atoms with van der Waals surface area (Å²) in [5.74, 6) is -2.27. The molecule has 10 nitrogen and oxygen atoms in total. The van der Waals surface area contributed by atoms with Gasteiger partial charge in [-0.2, -0.15) is 5.26 Å². The molecule has 42 heavy (non-hydrogen) atoms. The number of nitrogens with two attached hydrogens (primary N) is 1. The summed E-state index contributed by atoms with van der Waals surface area (Å²) in [6, 6.07) is 15.4. The summed E-state index contributed by atoms with van der Waals surface area (Å²) < 4.78 is 0.453. The first-order valence-electron chi connectivity index (χ1n) is 12.8. The molecule has 1 atom stereocenters. The zero-order valence-corrected chi connectivity index (χ0v) is 24.9. The van der Waals surface area contributed by atoms with Gasteiger partial charge in [-0.1, -0.05) is 78.9 Å². The van der Waals surface area contributed by atoms with E-state index in [1.165, 1.54) is 23.5 Å². The second kappa shape index (κ2) is 11.6. The Morgan fingerprint density at radius 3 is 2.64 bits per heavy atom. The molecule has 2 heterocycles. The highest BCUT2D eigenvalue weighted by atomic mass is 35.5. The van der Waals surface area contributed by atoms with Crippen molar-refractivity contribution < 1.29 is 19.5 Å². The molecule has 1 amide bonds. The van der Waals surface area contributed by atoms with E-state index in [0.717, 1.165) is 11.8 Å². The summed E-state index contributed by atoms with van der Waals surface area (Å²) in [6.07, 6.45) is 0.804. The van der Waals surface area contributed by atoms with Gasteiger partial charge in [-0.15, -0.1) is 10.2 Å². The molecule has 214 valence electrons. The molecule has 4 N–H and O–H groups in total. The average Bonchev–Trinajstić information content (AvgIpc) is 3.39. The van der Waals surface area contributed by atoms with E-state index in [4.69, 9.17) is 17.3 Å². The van der Waals surface area contributed by atoms with Crippen LogP contribution in [-0.4, -0.2) is 38.7 Å². The average molecular weight is 621 g/mol. The van der Waals surface area contributed by atoms with Crippen molar-refractivity contribution in [1.82, 2.24) is 10.2 Å². The van der Waals surface area contributed by atoms with Crippen molar-refractivity contribution in [1.29, 1.82) is 5.26 Å². The first kappa shape index (κ1) is 29.3. The number of rotatable bonds is 7. The Hall–Kier alpha value is -4.18. The van der Waals surface area contributed by atoms with Crippen molar-refractivity contribution in [2.75, 3.05) is 16.0 Å². The number of halogens is 1. The van der Waals surface area contributed by atoms with E-state index in [1.54, 1.807) is 41.3 Å². The largest absolute Gasteiger partial charge is 0.478 e. The van der Waals surface area contributed by atoms with Crippen LogP contribution in [0.1, 0.15) is 48.5 Å². The van der Waals surface area contributed by atoms with Crippen molar-refractivity contribution in [2.45, 2.75) is 36.9 Å². The van der Waals surface area contributed by atoms with Gasteiger partial charge in [-0.3, -0.25) is 14.5 Å². The molecule has 3 aromatic rings. The van der Waals surface area contributed by atoms with E-state index in [2.05, 4.69) is 21.6 Å². The van der Waals surface area contributed by atoms with Crippen LogP contribution in [0.4, 0.5) is 10.8 Å². The molecule has 13 heteroatoms. The van der Waals surface area contributed by atoms with Crippen molar-refractivity contribution >= 4 is 63.2 Å². The number of nitrogens with one attached hydrogen (secondary N) is 1. The highest BCUT2D eigenvalue weighted by Crippen LogP contribution is 2.51. The number of nitriles is 1. The maximum absolute atomic E-state index is 13.7. The number of nitrogens with zero attached hydrogens (tertiary/aromatic N) is 4. The van der Waals surface area contributed by atoms with Crippen LogP contribution >= 0.6 is 34.7 Å². The van der Waals surface area contributed by atoms with Crippen LogP contribution in [0.15, 0.2) is 75.5 Å². The van der Waals surface area contributed by atoms with Crippen LogP contribution in [0.3, 0.4) is 0 Å². The maximum atomic E-state index is 13.7. The lowest BCUT2D eigenvalue weighted by Crippen LogP contribution is -2.42. The number of carbonyl (C=O) groups excluding carboxylic acids is 2. The lowest BCUT2D eigenvalue weighted by atomic mass is 9.68. The number of ketones is 1. The molecule has 0 saturated carbocycles. The smallest absolute Gasteiger partial charge is 0.337 e. The standard InChI is InChI=1S/C29H25ClN6O4S2/c1-29(2)11-20-24(21(37)12-29)23(15-7-3-5-9-18(15)30)17(13-31)25(32)36(20)27-34-35-28(42-27)41-14-22(38)33-19-10-6-4-8-16(19)26(39)40/h3-10,23H,11-12,14,32H2,1-2H3,(H,33,38)(H,39,40).